The van der Waals surface area contributed by atoms with Gasteiger partial charge in [-0.25, -0.2) is 0 Å². The van der Waals surface area contributed by atoms with Crippen molar-refractivity contribution >= 4 is 0 Å². The summed E-state index contributed by atoms with van der Waals surface area (Å²) in [5.74, 6) is 0. The molecule has 0 N–H and O–H groups in total. The van der Waals surface area contributed by atoms with Crippen molar-refractivity contribution in [3.8, 4) is 0 Å². The lowest BCUT2D eigenvalue weighted by Crippen LogP contribution is -2.45. The molecule has 0 saturated carbocycles. The van der Waals surface area contributed by atoms with E-state index in [2.05, 4.69) is 24.3 Å². The van der Waals surface area contributed by atoms with E-state index in [-0.39, 0.29) is 11.2 Å². The van der Waals surface area contributed by atoms with Gasteiger partial charge in [-0.05, 0) is 38.5 Å². The number of hydrogen-bond donors (Lipinski definition) is 0. The third-order valence-electron chi connectivity index (χ3n) is 5.14. The summed E-state index contributed by atoms with van der Waals surface area (Å²) in [5, 5.41) is 0. The fraction of sp³-hybridized carbons (Fsp3) is 0.778. The molecule has 0 aromatic rings. The first-order valence-corrected chi connectivity index (χ1v) is 8.56. The van der Waals surface area contributed by atoms with Gasteiger partial charge < -0.3 is 14.2 Å². The fourth-order valence-electron chi connectivity index (χ4n) is 3.94. The largest absolute Gasteiger partial charge is 0.373 e. The minimum absolute atomic E-state index is 0.115. The molecule has 2 aliphatic carbocycles. The van der Waals surface area contributed by atoms with Crippen LogP contribution >= 0.6 is 0 Å². The van der Waals surface area contributed by atoms with E-state index >= 15 is 0 Å². The summed E-state index contributed by atoms with van der Waals surface area (Å²) in [4.78, 5) is 0. The molecular formula is C18H26O3. The van der Waals surface area contributed by atoms with Crippen LogP contribution in [0.15, 0.2) is 24.3 Å². The first-order valence-electron chi connectivity index (χ1n) is 8.56. The monoisotopic (exact) mass is 290 g/mol. The lowest BCUT2D eigenvalue weighted by molar-refractivity contribution is -0.131. The SMILES string of the molecule is C1=CC(CC2CO2)(OC2(CC3CO3)C=CCCC2)CCC1. The Morgan fingerprint density at radius 2 is 1.33 bits per heavy atom. The van der Waals surface area contributed by atoms with Crippen molar-refractivity contribution in [2.24, 2.45) is 0 Å². The van der Waals surface area contributed by atoms with E-state index in [4.69, 9.17) is 14.2 Å². The zero-order chi connectivity index (χ0) is 14.2. The van der Waals surface area contributed by atoms with Crippen LogP contribution in [0, 0.1) is 0 Å². The van der Waals surface area contributed by atoms with Crippen LogP contribution in [0.1, 0.15) is 51.4 Å². The maximum absolute atomic E-state index is 6.88. The second-order valence-corrected chi connectivity index (χ2v) is 7.14. The molecule has 0 amide bonds. The standard InChI is InChI=1S/C18H26O3/c1-3-7-17(8-4-1,11-15-13-19-15)21-18(12-16-14-20-16)9-5-2-6-10-18/h3,5,7,9,15-16H,1-2,4,6,8,10-14H2. The van der Waals surface area contributed by atoms with Crippen LogP contribution in [-0.2, 0) is 14.2 Å². The summed E-state index contributed by atoms with van der Waals surface area (Å²) in [6.07, 6.45) is 19.2. The highest BCUT2D eigenvalue weighted by atomic mass is 16.6. The maximum atomic E-state index is 6.88. The molecule has 0 radical (unpaired) electrons. The van der Waals surface area contributed by atoms with Gasteiger partial charge in [0.15, 0.2) is 0 Å². The normalized spacial score (nSPS) is 44.8. The van der Waals surface area contributed by atoms with E-state index < -0.39 is 0 Å². The number of hydrogen-bond acceptors (Lipinski definition) is 3. The minimum Gasteiger partial charge on any atom is -0.373 e. The van der Waals surface area contributed by atoms with Gasteiger partial charge in [0.1, 0.15) is 0 Å². The van der Waals surface area contributed by atoms with Crippen molar-refractivity contribution in [3.63, 3.8) is 0 Å². The molecule has 0 aromatic carbocycles. The first kappa shape index (κ1) is 14.0. The Bertz CT molecular complexity index is 396. The van der Waals surface area contributed by atoms with Crippen molar-refractivity contribution in [2.45, 2.75) is 74.8 Å². The molecule has 0 bridgehead atoms. The quantitative estimate of drug-likeness (QED) is 0.554. The molecule has 0 spiro atoms. The van der Waals surface area contributed by atoms with Crippen LogP contribution < -0.4 is 0 Å². The Balaban J connectivity index is 1.55. The van der Waals surface area contributed by atoms with E-state index in [1.54, 1.807) is 0 Å². The molecule has 116 valence electrons. The van der Waals surface area contributed by atoms with Gasteiger partial charge in [-0.1, -0.05) is 24.3 Å². The van der Waals surface area contributed by atoms with Gasteiger partial charge in [-0.2, -0.15) is 0 Å². The highest BCUT2D eigenvalue weighted by Gasteiger charge is 2.46. The van der Waals surface area contributed by atoms with Crippen molar-refractivity contribution in [3.05, 3.63) is 24.3 Å². The van der Waals surface area contributed by atoms with E-state index in [1.807, 2.05) is 0 Å². The van der Waals surface area contributed by atoms with Gasteiger partial charge in [-0.15, -0.1) is 0 Å². The highest BCUT2D eigenvalue weighted by Crippen LogP contribution is 2.43. The number of allylic oxidation sites excluding steroid dienone is 2. The van der Waals surface area contributed by atoms with Crippen molar-refractivity contribution in [1.82, 2.24) is 0 Å². The van der Waals surface area contributed by atoms with Crippen LogP contribution in [-0.4, -0.2) is 36.6 Å². The average molecular weight is 290 g/mol. The van der Waals surface area contributed by atoms with Crippen molar-refractivity contribution in [2.75, 3.05) is 13.2 Å². The predicted molar refractivity (Wildman–Crippen MR) is 81.2 cm³/mol. The second-order valence-electron chi connectivity index (χ2n) is 7.14. The van der Waals surface area contributed by atoms with E-state index in [1.165, 1.54) is 25.7 Å². The molecular weight excluding hydrogens is 264 g/mol. The fourth-order valence-corrected chi connectivity index (χ4v) is 3.94. The van der Waals surface area contributed by atoms with Gasteiger partial charge in [-0.3, -0.25) is 0 Å². The van der Waals surface area contributed by atoms with E-state index in [9.17, 15) is 0 Å². The van der Waals surface area contributed by atoms with Crippen molar-refractivity contribution < 1.29 is 14.2 Å². The molecule has 2 heterocycles. The summed E-state index contributed by atoms with van der Waals surface area (Å²) in [5.41, 5.74) is -0.230. The average Bonchev–Trinajstić information content (AvgIpc) is 3.38. The third kappa shape index (κ3) is 3.41. The molecule has 21 heavy (non-hydrogen) atoms. The molecule has 2 fully saturated rings. The van der Waals surface area contributed by atoms with Crippen LogP contribution in [0.3, 0.4) is 0 Å². The molecule has 3 nitrogen and oxygen atoms in total. The van der Waals surface area contributed by atoms with Gasteiger partial charge in [0, 0.05) is 12.8 Å². The molecule has 3 heteroatoms. The molecule has 4 aliphatic rings. The summed E-state index contributed by atoms with van der Waals surface area (Å²) in [6.45, 7) is 1.82. The Hall–Kier alpha value is -0.640. The first-order chi connectivity index (χ1) is 10.3. The summed E-state index contributed by atoms with van der Waals surface area (Å²) in [7, 11) is 0. The minimum atomic E-state index is -0.115. The van der Waals surface area contributed by atoms with Crippen LogP contribution in [0.5, 0.6) is 0 Å². The zero-order valence-corrected chi connectivity index (χ0v) is 12.8. The lowest BCUT2D eigenvalue weighted by atomic mass is 9.82. The Morgan fingerprint density at radius 3 is 1.67 bits per heavy atom. The van der Waals surface area contributed by atoms with Gasteiger partial charge in [0.2, 0.25) is 0 Å². The van der Waals surface area contributed by atoms with Crippen LogP contribution in [0.4, 0.5) is 0 Å². The van der Waals surface area contributed by atoms with E-state index in [0.29, 0.717) is 12.2 Å². The van der Waals surface area contributed by atoms with Gasteiger partial charge in [0.25, 0.3) is 0 Å². The third-order valence-corrected chi connectivity index (χ3v) is 5.14. The molecule has 4 unspecified atom stereocenters. The smallest absolute Gasteiger partial charge is 0.0900 e. The summed E-state index contributed by atoms with van der Waals surface area (Å²) in [6, 6.07) is 0. The Morgan fingerprint density at radius 1 is 0.857 bits per heavy atom. The lowest BCUT2D eigenvalue weighted by Gasteiger charge is -2.44. The Labute approximate surface area is 127 Å². The number of rotatable bonds is 6. The van der Waals surface area contributed by atoms with Crippen LogP contribution in [0.25, 0.3) is 0 Å². The summed E-state index contributed by atoms with van der Waals surface area (Å²) >= 11 is 0. The van der Waals surface area contributed by atoms with Crippen LogP contribution in [0.2, 0.25) is 0 Å². The number of epoxide rings is 2. The van der Waals surface area contributed by atoms with Crippen molar-refractivity contribution in [1.29, 1.82) is 0 Å². The maximum Gasteiger partial charge on any atom is 0.0900 e. The Kier molecular flexibility index (Phi) is 3.68. The predicted octanol–water partition coefficient (Wildman–Crippen LogP) is 3.54. The second kappa shape index (κ2) is 5.53. The molecule has 4 rings (SSSR count). The van der Waals surface area contributed by atoms with Gasteiger partial charge >= 0.3 is 0 Å². The highest BCUT2D eigenvalue weighted by molar-refractivity contribution is 5.14. The molecule has 2 saturated heterocycles. The molecule has 2 aliphatic heterocycles. The zero-order valence-electron chi connectivity index (χ0n) is 12.8. The topological polar surface area (TPSA) is 34.3 Å². The van der Waals surface area contributed by atoms with Gasteiger partial charge in [0.05, 0.1) is 36.6 Å². The molecule has 0 aromatic heterocycles. The number of ether oxygens (including phenoxy) is 3. The molecule has 4 atom stereocenters. The van der Waals surface area contributed by atoms with E-state index in [0.717, 1.165) is 38.9 Å². The summed E-state index contributed by atoms with van der Waals surface area (Å²) < 4.78 is 17.9.